The SMILES string of the molecule is COc1ccccc1NS(=O)(=O)c1cc(NC(=O)c2cc(-c3ccc(Cl)c(Cl)c3Cl)nc3ccccc23)ccc1N1CCCCC1. The van der Waals surface area contributed by atoms with E-state index < -0.39 is 15.9 Å². The zero-order chi connectivity index (χ0) is 32.4. The molecule has 0 unspecified atom stereocenters. The van der Waals surface area contributed by atoms with E-state index in [1.165, 1.54) is 13.2 Å². The van der Waals surface area contributed by atoms with Crippen LogP contribution in [0.2, 0.25) is 15.1 Å². The first-order valence-electron chi connectivity index (χ1n) is 14.6. The summed E-state index contributed by atoms with van der Waals surface area (Å²) in [7, 11) is -2.63. The van der Waals surface area contributed by atoms with Gasteiger partial charge in [0.1, 0.15) is 10.6 Å². The second-order valence-electron chi connectivity index (χ2n) is 10.8. The van der Waals surface area contributed by atoms with Gasteiger partial charge in [-0.1, -0.05) is 65.1 Å². The Bertz CT molecular complexity index is 2070. The smallest absolute Gasteiger partial charge is 0.264 e. The third kappa shape index (κ3) is 6.46. The lowest BCUT2D eigenvalue weighted by Gasteiger charge is -2.30. The molecular weight excluding hydrogens is 667 g/mol. The summed E-state index contributed by atoms with van der Waals surface area (Å²) in [6.07, 6.45) is 3.00. The predicted molar refractivity (Wildman–Crippen MR) is 186 cm³/mol. The molecule has 1 amide bonds. The van der Waals surface area contributed by atoms with Crippen LogP contribution < -0.4 is 19.7 Å². The summed E-state index contributed by atoms with van der Waals surface area (Å²) in [4.78, 5) is 20.8. The van der Waals surface area contributed by atoms with Gasteiger partial charge in [0.05, 0.1) is 50.3 Å². The molecule has 46 heavy (non-hydrogen) atoms. The fourth-order valence-electron chi connectivity index (χ4n) is 5.56. The summed E-state index contributed by atoms with van der Waals surface area (Å²) in [6, 6.07) is 23.9. The molecule has 2 heterocycles. The van der Waals surface area contributed by atoms with Gasteiger partial charge in [0.15, 0.2) is 0 Å². The molecule has 0 aliphatic carbocycles. The van der Waals surface area contributed by atoms with Gasteiger partial charge in [-0.3, -0.25) is 9.52 Å². The van der Waals surface area contributed by atoms with E-state index in [4.69, 9.17) is 44.5 Å². The summed E-state index contributed by atoms with van der Waals surface area (Å²) < 4.78 is 36.0. The minimum atomic E-state index is -4.11. The summed E-state index contributed by atoms with van der Waals surface area (Å²) in [6.45, 7) is 1.46. The van der Waals surface area contributed by atoms with Gasteiger partial charge < -0.3 is 15.0 Å². The number of aromatic nitrogens is 1. The number of rotatable bonds is 8. The van der Waals surface area contributed by atoms with E-state index in [9.17, 15) is 13.2 Å². The van der Waals surface area contributed by atoms with E-state index in [2.05, 4.69) is 14.9 Å². The van der Waals surface area contributed by atoms with Crippen LogP contribution in [0.25, 0.3) is 22.2 Å². The van der Waals surface area contributed by atoms with E-state index in [0.29, 0.717) is 55.6 Å². The third-order valence-electron chi connectivity index (χ3n) is 7.83. The maximum atomic E-state index is 14.0. The lowest BCUT2D eigenvalue weighted by atomic mass is 10.0. The number of benzene rings is 4. The van der Waals surface area contributed by atoms with Crippen molar-refractivity contribution in [3.63, 3.8) is 0 Å². The van der Waals surface area contributed by atoms with Crippen molar-refractivity contribution in [2.75, 3.05) is 35.1 Å². The van der Waals surface area contributed by atoms with Crippen LogP contribution in [0.4, 0.5) is 17.1 Å². The van der Waals surface area contributed by atoms with Crippen molar-refractivity contribution in [2.45, 2.75) is 24.2 Å². The molecule has 1 fully saturated rings. The van der Waals surface area contributed by atoms with Gasteiger partial charge in [0, 0.05) is 29.7 Å². The van der Waals surface area contributed by atoms with Gasteiger partial charge in [-0.2, -0.15) is 0 Å². The number of carbonyl (C=O) groups excluding carboxylic acids is 1. The number of piperidine rings is 1. The number of nitrogens with one attached hydrogen (secondary N) is 2. The quantitative estimate of drug-likeness (QED) is 0.157. The van der Waals surface area contributed by atoms with Gasteiger partial charge in [-0.15, -0.1) is 0 Å². The fraction of sp³-hybridized carbons (Fsp3) is 0.176. The minimum absolute atomic E-state index is 0.0426. The molecular formula is C34H29Cl3N4O4S. The standard InChI is InChI=1S/C34H29Cl3N4O4S/c1-45-30-12-6-5-11-27(30)40-46(43,44)31-19-21(13-16-29(31)41-17-7-2-8-18-41)38-34(42)24-20-28(39-26-10-4-3-9-22(24)26)23-14-15-25(35)33(37)32(23)36/h3-6,9-16,19-20,40H,2,7-8,17-18H2,1H3,(H,38,42). The molecule has 1 aromatic heterocycles. The van der Waals surface area contributed by atoms with Crippen molar-refractivity contribution in [1.82, 2.24) is 4.98 Å². The van der Waals surface area contributed by atoms with Gasteiger partial charge >= 0.3 is 0 Å². The molecule has 1 saturated heterocycles. The normalized spacial score (nSPS) is 13.4. The Kier molecular flexibility index (Phi) is 9.29. The number of sulfonamides is 1. The highest BCUT2D eigenvalue weighted by atomic mass is 35.5. The summed E-state index contributed by atoms with van der Waals surface area (Å²) in [5, 5.41) is 4.22. The largest absolute Gasteiger partial charge is 0.495 e. The predicted octanol–water partition coefficient (Wildman–Crippen LogP) is 8.91. The van der Waals surface area contributed by atoms with Gasteiger partial charge in [-0.25, -0.2) is 13.4 Å². The highest BCUT2D eigenvalue weighted by molar-refractivity contribution is 7.93. The monoisotopic (exact) mass is 694 g/mol. The van der Waals surface area contributed by atoms with E-state index in [-0.39, 0.29) is 14.9 Å². The molecule has 0 spiro atoms. The molecule has 2 N–H and O–H groups in total. The summed E-state index contributed by atoms with van der Waals surface area (Å²) >= 11 is 19.0. The average molecular weight is 696 g/mol. The molecule has 8 nitrogen and oxygen atoms in total. The Morgan fingerprint density at radius 3 is 2.39 bits per heavy atom. The van der Waals surface area contributed by atoms with Crippen LogP contribution in [0.1, 0.15) is 29.6 Å². The van der Waals surface area contributed by atoms with Crippen molar-refractivity contribution >= 4 is 78.7 Å². The van der Waals surface area contributed by atoms with Gasteiger partial charge in [-0.05, 0) is 73.9 Å². The van der Waals surface area contributed by atoms with Crippen LogP contribution in [-0.2, 0) is 10.0 Å². The Hall–Kier alpha value is -4.02. The second kappa shape index (κ2) is 13.4. The maximum Gasteiger partial charge on any atom is 0.264 e. The molecule has 5 aromatic rings. The number of anilines is 3. The first kappa shape index (κ1) is 31.9. The van der Waals surface area contributed by atoms with Gasteiger partial charge in [0.25, 0.3) is 15.9 Å². The Balaban J connectivity index is 1.40. The molecule has 6 rings (SSSR count). The van der Waals surface area contributed by atoms with E-state index in [0.717, 1.165) is 32.4 Å². The zero-order valence-corrected chi connectivity index (χ0v) is 27.8. The summed E-state index contributed by atoms with van der Waals surface area (Å²) in [5.41, 5.74) is 3.00. The third-order valence-corrected chi connectivity index (χ3v) is 10.5. The molecule has 12 heteroatoms. The van der Waals surface area contributed by atoms with Gasteiger partial charge in [0.2, 0.25) is 0 Å². The minimum Gasteiger partial charge on any atom is -0.495 e. The number of hydrogen-bond donors (Lipinski definition) is 2. The number of fused-ring (bicyclic) bond motifs is 1. The Morgan fingerprint density at radius 1 is 0.870 bits per heavy atom. The lowest BCUT2D eigenvalue weighted by Crippen LogP contribution is -2.31. The first-order chi connectivity index (χ1) is 22.2. The molecule has 4 aromatic carbocycles. The van der Waals surface area contributed by atoms with E-state index >= 15 is 0 Å². The molecule has 0 radical (unpaired) electrons. The number of amides is 1. The molecule has 236 valence electrons. The number of halogens is 3. The fourth-order valence-corrected chi connectivity index (χ4v) is 7.51. The maximum absolute atomic E-state index is 14.0. The van der Waals surface area contributed by atoms with Crippen molar-refractivity contribution in [2.24, 2.45) is 0 Å². The average Bonchev–Trinajstić information content (AvgIpc) is 3.07. The lowest BCUT2D eigenvalue weighted by molar-refractivity contribution is 0.102. The number of ether oxygens (including phenoxy) is 1. The molecule has 1 aliphatic heterocycles. The molecule has 1 aliphatic rings. The number of pyridine rings is 1. The summed E-state index contributed by atoms with van der Waals surface area (Å²) in [5.74, 6) is -0.0692. The highest BCUT2D eigenvalue weighted by Crippen LogP contribution is 2.39. The Morgan fingerprint density at radius 2 is 1.61 bits per heavy atom. The molecule has 0 bridgehead atoms. The van der Waals surface area contributed by atoms with Crippen LogP contribution in [0.5, 0.6) is 5.75 Å². The zero-order valence-electron chi connectivity index (χ0n) is 24.7. The van der Waals surface area contributed by atoms with Crippen molar-refractivity contribution in [3.05, 3.63) is 106 Å². The van der Waals surface area contributed by atoms with Crippen LogP contribution >= 0.6 is 34.8 Å². The van der Waals surface area contributed by atoms with Crippen LogP contribution in [0.15, 0.2) is 89.8 Å². The van der Waals surface area contributed by atoms with Crippen molar-refractivity contribution in [1.29, 1.82) is 0 Å². The van der Waals surface area contributed by atoms with E-state index in [1.54, 1.807) is 66.7 Å². The highest BCUT2D eigenvalue weighted by Gasteiger charge is 2.26. The second-order valence-corrected chi connectivity index (χ2v) is 13.6. The molecule has 0 atom stereocenters. The van der Waals surface area contributed by atoms with Crippen LogP contribution in [0, 0.1) is 0 Å². The van der Waals surface area contributed by atoms with Crippen LogP contribution in [-0.4, -0.2) is 39.5 Å². The van der Waals surface area contributed by atoms with Crippen molar-refractivity contribution < 1.29 is 17.9 Å². The number of hydrogen-bond acceptors (Lipinski definition) is 6. The van der Waals surface area contributed by atoms with Crippen LogP contribution in [0.3, 0.4) is 0 Å². The number of methoxy groups -OCH3 is 1. The molecule has 0 saturated carbocycles. The number of carbonyl (C=O) groups is 1. The Labute approximate surface area is 282 Å². The van der Waals surface area contributed by atoms with E-state index in [1.807, 2.05) is 12.1 Å². The topological polar surface area (TPSA) is 101 Å². The number of para-hydroxylation sites is 3. The van der Waals surface area contributed by atoms with Crippen molar-refractivity contribution in [3.8, 4) is 17.0 Å². The first-order valence-corrected chi connectivity index (χ1v) is 17.2. The number of nitrogens with zero attached hydrogens (tertiary/aromatic N) is 2.